The molecule has 0 aliphatic heterocycles. The molecule has 1 aromatic heterocycles. The van der Waals surface area contributed by atoms with Gasteiger partial charge in [0.25, 0.3) is 5.91 Å². The van der Waals surface area contributed by atoms with Gasteiger partial charge in [-0.05, 0) is 38.0 Å². The van der Waals surface area contributed by atoms with Crippen LogP contribution in [0.2, 0.25) is 0 Å². The number of aryl methyl sites for hydroxylation is 2. The number of carbonyl (C=O) groups excluding carboxylic acids is 2. The summed E-state index contributed by atoms with van der Waals surface area (Å²) in [5, 5.41) is 11.3. The number of amides is 1. The predicted octanol–water partition coefficient (Wildman–Crippen LogP) is 3.31. The topological polar surface area (TPSA) is 86.1 Å². The van der Waals surface area contributed by atoms with E-state index in [9.17, 15) is 9.59 Å². The highest BCUT2D eigenvalue weighted by Gasteiger charge is 2.20. The van der Waals surface area contributed by atoms with Gasteiger partial charge in [0.15, 0.2) is 12.3 Å². The van der Waals surface area contributed by atoms with Crippen LogP contribution in [0.25, 0.3) is 5.69 Å². The van der Waals surface area contributed by atoms with E-state index in [1.54, 1.807) is 6.92 Å². The number of hydrogen-bond acceptors (Lipinski definition) is 5. The third-order valence-electron chi connectivity index (χ3n) is 4.52. The van der Waals surface area contributed by atoms with Crippen molar-refractivity contribution < 1.29 is 14.3 Å². The molecule has 0 bridgehead atoms. The molecule has 2 aromatic carbocycles. The second kappa shape index (κ2) is 9.14. The first-order valence-corrected chi connectivity index (χ1v) is 9.50. The number of nitrogens with one attached hydrogen (secondary N) is 1. The minimum absolute atomic E-state index is 0.0900. The lowest BCUT2D eigenvalue weighted by molar-refractivity contribution is -0.125. The Labute approximate surface area is 169 Å². The van der Waals surface area contributed by atoms with Crippen molar-refractivity contribution in [3.8, 4) is 5.69 Å². The first-order chi connectivity index (χ1) is 14.0. The molecule has 1 N–H and O–H groups in total. The van der Waals surface area contributed by atoms with Crippen LogP contribution in [0.5, 0.6) is 0 Å². The predicted molar refractivity (Wildman–Crippen MR) is 109 cm³/mol. The summed E-state index contributed by atoms with van der Waals surface area (Å²) >= 11 is 0. The molecule has 0 fully saturated rings. The van der Waals surface area contributed by atoms with Crippen molar-refractivity contribution in [1.82, 2.24) is 20.3 Å². The fraction of sp³-hybridized carbons (Fsp3) is 0.273. The van der Waals surface area contributed by atoms with Crippen LogP contribution >= 0.6 is 0 Å². The number of hydrogen-bond donors (Lipinski definition) is 1. The van der Waals surface area contributed by atoms with E-state index in [1.807, 2.05) is 68.4 Å². The molecule has 150 valence electrons. The molecule has 7 nitrogen and oxygen atoms in total. The maximum absolute atomic E-state index is 12.4. The normalized spacial score (nSPS) is 11.7. The molecule has 1 amide bonds. The van der Waals surface area contributed by atoms with Crippen molar-refractivity contribution in [1.29, 1.82) is 0 Å². The summed E-state index contributed by atoms with van der Waals surface area (Å²) < 4.78 is 5.15. The van der Waals surface area contributed by atoms with E-state index in [2.05, 4.69) is 15.5 Å². The lowest BCUT2D eigenvalue weighted by Crippen LogP contribution is -2.32. The summed E-state index contributed by atoms with van der Waals surface area (Å²) in [6.07, 6.45) is 0.729. The molecule has 3 rings (SSSR count). The van der Waals surface area contributed by atoms with Crippen molar-refractivity contribution >= 4 is 11.9 Å². The largest absolute Gasteiger partial charge is 0.451 e. The van der Waals surface area contributed by atoms with Crippen LogP contribution in [-0.4, -0.2) is 33.5 Å². The molecule has 7 heteroatoms. The Morgan fingerprint density at radius 3 is 2.38 bits per heavy atom. The number of rotatable bonds is 7. The third kappa shape index (κ3) is 5.07. The fourth-order valence-corrected chi connectivity index (χ4v) is 2.90. The van der Waals surface area contributed by atoms with Gasteiger partial charge < -0.3 is 10.1 Å². The zero-order chi connectivity index (χ0) is 20.8. The Balaban J connectivity index is 1.59. The van der Waals surface area contributed by atoms with Crippen LogP contribution in [-0.2, 0) is 9.53 Å². The minimum Gasteiger partial charge on any atom is -0.451 e. The smallest absolute Gasteiger partial charge is 0.361 e. The number of esters is 1. The van der Waals surface area contributed by atoms with Gasteiger partial charge in [0.1, 0.15) is 0 Å². The van der Waals surface area contributed by atoms with Crippen molar-refractivity contribution in [2.45, 2.75) is 33.2 Å². The Morgan fingerprint density at radius 2 is 1.72 bits per heavy atom. The molecule has 1 heterocycles. The van der Waals surface area contributed by atoms with E-state index in [4.69, 9.17) is 4.74 Å². The van der Waals surface area contributed by atoms with Gasteiger partial charge in [-0.3, -0.25) is 4.79 Å². The summed E-state index contributed by atoms with van der Waals surface area (Å²) in [5.41, 5.74) is 3.43. The van der Waals surface area contributed by atoms with Gasteiger partial charge in [-0.1, -0.05) is 55.0 Å². The van der Waals surface area contributed by atoms with Gasteiger partial charge in [-0.2, -0.15) is 9.90 Å². The van der Waals surface area contributed by atoms with Gasteiger partial charge in [-0.25, -0.2) is 4.79 Å². The zero-order valence-electron chi connectivity index (χ0n) is 16.8. The second-order valence-corrected chi connectivity index (χ2v) is 6.77. The average Bonchev–Trinajstić information content (AvgIpc) is 3.13. The highest BCUT2D eigenvalue weighted by Crippen LogP contribution is 2.17. The van der Waals surface area contributed by atoms with Crippen molar-refractivity contribution in [2.75, 3.05) is 6.61 Å². The van der Waals surface area contributed by atoms with Gasteiger partial charge in [0, 0.05) is 0 Å². The molecule has 0 unspecified atom stereocenters. The molecule has 29 heavy (non-hydrogen) atoms. The van der Waals surface area contributed by atoms with Crippen molar-refractivity contribution in [2.24, 2.45) is 0 Å². The highest BCUT2D eigenvalue weighted by molar-refractivity contribution is 5.90. The lowest BCUT2D eigenvalue weighted by atomic mass is 10.0. The summed E-state index contributed by atoms with van der Waals surface area (Å²) in [5.74, 6) is -1.04. The molecular formula is C22H24N4O3. The van der Waals surface area contributed by atoms with Crippen LogP contribution in [0.4, 0.5) is 0 Å². The summed E-state index contributed by atoms with van der Waals surface area (Å²) in [6, 6.07) is 17.1. The number of para-hydroxylation sites is 1. The molecule has 0 radical (unpaired) electrons. The van der Waals surface area contributed by atoms with E-state index in [0.29, 0.717) is 5.69 Å². The Morgan fingerprint density at radius 1 is 1.03 bits per heavy atom. The molecule has 0 aliphatic carbocycles. The van der Waals surface area contributed by atoms with E-state index in [1.165, 1.54) is 4.80 Å². The standard InChI is InChI=1S/C22H24N4O3/c1-4-19(17-12-10-15(2)11-13-17)23-20(27)14-29-22(28)21-16(3)24-26(25-21)18-8-6-5-7-9-18/h5-13,19H,4,14H2,1-3H3,(H,23,27)/t19-/m0/s1. The summed E-state index contributed by atoms with van der Waals surface area (Å²) in [6.45, 7) is 5.30. The van der Waals surface area contributed by atoms with Crippen molar-refractivity contribution in [3.63, 3.8) is 0 Å². The number of nitrogens with zero attached hydrogens (tertiary/aromatic N) is 3. The van der Waals surface area contributed by atoms with Crippen LogP contribution in [0, 0.1) is 13.8 Å². The van der Waals surface area contributed by atoms with Gasteiger partial charge in [-0.15, -0.1) is 5.10 Å². The molecule has 1 atom stereocenters. The minimum atomic E-state index is -0.678. The number of benzene rings is 2. The zero-order valence-corrected chi connectivity index (χ0v) is 16.8. The molecule has 0 saturated heterocycles. The number of aromatic nitrogens is 3. The van der Waals surface area contributed by atoms with Crippen LogP contribution < -0.4 is 5.32 Å². The lowest BCUT2D eigenvalue weighted by Gasteiger charge is -2.17. The maximum atomic E-state index is 12.4. The first-order valence-electron chi connectivity index (χ1n) is 9.50. The van der Waals surface area contributed by atoms with E-state index in [0.717, 1.165) is 23.2 Å². The van der Waals surface area contributed by atoms with Crippen LogP contribution in [0.3, 0.4) is 0 Å². The SMILES string of the molecule is CC[C@H](NC(=O)COC(=O)c1nn(-c2ccccc2)nc1C)c1ccc(C)cc1. The molecule has 3 aromatic rings. The third-order valence-corrected chi connectivity index (χ3v) is 4.52. The molecule has 0 aliphatic rings. The monoisotopic (exact) mass is 392 g/mol. The summed E-state index contributed by atoms with van der Waals surface area (Å²) in [4.78, 5) is 26.0. The molecule has 0 saturated carbocycles. The van der Waals surface area contributed by atoms with Gasteiger partial charge in [0.05, 0.1) is 17.4 Å². The first kappa shape index (κ1) is 20.3. The van der Waals surface area contributed by atoms with Gasteiger partial charge >= 0.3 is 5.97 Å². The van der Waals surface area contributed by atoms with Crippen LogP contribution in [0.15, 0.2) is 54.6 Å². The Bertz CT molecular complexity index is 981. The molecular weight excluding hydrogens is 368 g/mol. The Hall–Kier alpha value is -3.48. The van der Waals surface area contributed by atoms with Crippen molar-refractivity contribution in [3.05, 3.63) is 77.1 Å². The Kier molecular flexibility index (Phi) is 6.39. The highest BCUT2D eigenvalue weighted by atomic mass is 16.5. The van der Waals surface area contributed by atoms with E-state index < -0.39 is 5.97 Å². The number of carbonyl (C=O) groups is 2. The quantitative estimate of drug-likeness (QED) is 0.624. The average molecular weight is 392 g/mol. The number of ether oxygens (including phenoxy) is 1. The second-order valence-electron chi connectivity index (χ2n) is 6.77. The fourth-order valence-electron chi connectivity index (χ4n) is 2.90. The molecule has 0 spiro atoms. The maximum Gasteiger partial charge on any atom is 0.361 e. The van der Waals surface area contributed by atoms with E-state index >= 15 is 0 Å². The van der Waals surface area contributed by atoms with Crippen LogP contribution in [0.1, 0.15) is 46.7 Å². The van der Waals surface area contributed by atoms with E-state index in [-0.39, 0.29) is 24.2 Å². The van der Waals surface area contributed by atoms with Gasteiger partial charge in [0.2, 0.25) is 0 Å². The summed E-state index contributed by atoms with van der Waals surface area (Å²) in [7, 11) is 0.